The molecule has 3 nitrogen and oxygen atoms in total. The number of ether oxygens (including phenoxy) is 2. The van der Waals surface area contributed by atoms with E-state index in [0.717, 1.165) is 24.3 Å². The van der Waals surface area contributed by atoms with Crippen molar-refractivity contribution in [1.29, 1.82) is 0 Å². The Morgan fingerprint density at radius 1 is 0.960 bits per heavy atom. The van der Waals surface area contributed by atoms with E-state index in [2.05, 4.69) is 9.47 Å². The molecule has 0 saturated heterocycles. The van der Waals surface area contributed by atoms with Crippen molar-refractivity contribution in [2.75, 3.05) is 0 Å². The number of hydrogen-bond donors (Lipinski definition) is 0. The minimum absolute atomic E-state index is 0.216. The van der Waals surface area contributed by atoms with Gasteiger partial charge in [0.05, 0.1) is 5.56 Å². The first kappa shape index (κ1) is 18.8. The fourth-order valence-electron chi connectivity index (χ4n) is 1.91. The topological polar surface area (TPSA) is 35.5 Å². The lowest BCUT2D eigenvalue weighted by Gasteiger charge is -2.11. The molecule has 0 saturated carbocycles. The van der Waals surface area contributed by atoms with Crippen LogP contribution < -0.4 is 9.47 Å². The number of benzene rings is 2. The highest BCUT2D eigenvalue weighted by atomic mass is 35.5. The van der Waals surface area contributed by atoms with Crippen LogP contribution in [0.5, 0.6) is 11.5 Å². The van der Waals surface area contributed by atoms with Crippen LogP contribution in [-0.4, -0.2) is 19.0 Å². The molecule has 0 radical (unpaired) electrons. The molecular formula is C17H11ClF4O3. The number of hydrogen-bond acceptors (Lipinski definition) is 3. The maximum Gasteiger partial charge on any atom is 0.387 e. The van der Waals surface area contributed by atoms with Crippen molar-refractivity contribution >= 4 is 23.5 Å². The maximum atomic E-state index is 12.5. The van der Waals surface area contributed by atoms with Gasteiger partial charge >= 0.3 is 13.2 Å². The maximum absolute atomic E-state index is 12.5. The van der Waals surface area contributed by atoms with Crippen LogP contribution in [0.25, 0.3) is 6.08 Å². The minimum Gasteiger partial charge on any atom is -0.435 e. The number of allylic oxidation sites excluding steroid dienone is 1. The molecule has 8 heteroatoms. The Hall–Kier alpha value is -2.54. The Morgan fingerprint density at radius 2 is 1.60 bits per heavy atom. The van der Waals surface area contributed by atoms with Gasteiger partial charge < -0.3 is 9.47 Å². The van der Waals surface area contributed by atoms with Crippen molar-refractivity contribution in [2.24, 2.45) is 0 Å². The molecule has 0 aliphatic heterocycles. The van der Waals surface area contributed by atoms with Crippen molar-refractivity contribution in [3.8, 4) is 11.5 Å². The monoisotopic (exact) mass is 374 g/mol. The summed E-state index contributed by atoms with van der Waals surface area (Å²) >= 11 is 5.75. The fraction of sp³-hybridized carbons (Fsp3) is 0.118. The van der Waals surface area contributed by atoms with Gasteiger partial charge in [-0.3, -0.25) is 4.79 Å². The van der Waals surface area contributed by atoms with Gasteiger partial charge in [-0.15, -0.1) is 0 Å². The summed E-state index contributed by atoms with van der Waals surface area (Å²) in [6, 6.07) is 9.49. The lowest BCUT2D eigenvalue weighted by molar-refractivity contribution is -0.0544. The molecule has 0 aromatic heterocycles. The lowest BCUT2D eigenvalue weighted by atomic mass is 10.1. The molecule has 25 heavy (non-hydrogen) atoms. The molecule has 0 aliphatic rings. The first-order chi connectivity index (χ1) is 11.8. The van der Waals surface area contributed by atoms with E-state index in [1.54, 1.807) is 24.3 Å². The normalized spacial score (nSPS) is 11.3. The summed E-state index contributed by atoms with van der Waals surface area (Å²) in [6.45, 7) is -6.36. The smallest absolute Gasteiger partial charge is 0.387 e. The average Bonchev–Trinajstić information content (AvgIpc) is 2.53. The van der Waals surface area contributed by atoms with E-state index in [1.807, 2.05) is 0 Å². The van der Waals surface area contributed by atoms with Crippen molar-refractivity contribution < 1.29 is 31.8 Å². The van der Waals surface area contributed by atoms with Gasteiger partial charge in [0.15, 0.2) is 5.78 Å². The first-order valence-corrected chi connectivity index (χ1v) is 7.24. The summed E-state index contributed by atoms with van der Waals surface area (Å²) in [5.41, 5.74) is 0.443. The molecule has 0 fully saturated rings. The van der Waals surface area contributed by atoms with Gasteiger partial charge in [-0.2, -0.15) is 17.6 Å². The predicted molar refractivity (Wildman–Crippen MR) is 84.5 cm³/mol. The van der Waals surface area contributed by atoms with Gasteiger partial charge in [0.2, 0.25) is 0 Å². The molecular weight excluding hydrogens is 364 g/mol. The van der Waals surface area contributed by atoms with Crippen LogP contribution in [0.3, 0.4) is 0 Å². The summed E-state index contributed by atoms with van der Waals surface area (Å²) < 4.78 is 57.7. The van der Waals surface area contributed by atoms with Crippen LogP contribution in [0.15, 0.2) is 48.5 Å². The second-order valence-electron chi connectivity index (χ2n) is 4.66. The molecule has 2 aromatic carbocycles. The Labute approximate surface area is 145 Å². The zero-order chi connectivity index (χ0) is 18.4. The summed E-state index contributed by atoms with van der Waals surface area (Å²) in [6.07, 6.45) is 2.60. The largest absolute Gasteiger partial charge is 0.435 e. The number of carbonyl (C=O) groups excluding carboxylic acids is 1. The molecule has 0 unspecified atom stereocenters. The van der Waals surface area contributed by atoms with Crippen molar-refractivity contribution in [3.63, 3.8) is 0 Å². The molecule has 0 heterocycles. The number of halogens is 5. The van der Waals surface area contributed by atoms with Gasteiger partial charge in [-0.1, -0.05) is 29.8 Å². The zero-order valence-corrected chi connectivity index (χ0v) is 13.2. The third-order valence-corrected chi connectivity index (χ3v) is 3.21. The SMILES string of the molecule is O=C(/C=C/c1ccc(Cl)cc1)c1ccc(OC(F)F)cc1OC(F)F. The Bertz CT molecular complexity index is 761. The first-order valence-electron chi connectivity index (χ1n) is 6.87. The van der Waals surface area contributed by atoms with E-state index >= 15 is 0 Å². The van der Waals surface area contributed by atoms with E-state index in [1.165, 1.54) is 6.08 Å². The quantitative estimate of drug-likeness (QED) is 0.368. The summed E-state index contributed by atoms with van der Waals surface area (Å²) in [4.78, 5) is 12.2. The highest BCUT2D eigenvalue weighted by molar-refractivity contribution is 6.30. The van der Waals surface area contributed by atoms with E-state index in [0.29, 0.717) is 10.6 Å². The van der Waals surface area contributed by atoms with E-state index in [9.17, 15) is 22.4 Å². The zero-order valence-electron chi connectivity index (χ0n) is 12.5. The molecule has 0 spiro atoms. The second-order valence-corrected chi connectivity index (χ2v) is 5.10. The van der Waals surface area contributed by atoms with Crippen LogP contribution in [-0.2, 0) is 0 Å². The molecule has 0 aliphatic carbocycles. The minimum atomic E-state index is -3.23. The average molecular weight is 375 g/mol. The molecule has 132 valence electrons. The standard InChI is InChI=1S/C17H11ClF4O3/c18-11-4-1-10(2-5-11)3-8-14(23)13-7-6-12(24-16(19)20)9-15(13)25-17(21)22/h1-9,16-17H/b8-3+. The van der Waals surface area contributed by atoms with Crippen LogP contribution in [0.1, 0.15) is 15.9 Å². The van der Waals surface area contributed by atoms with Crippen LogP contribution in [0, 0.1) is 0 Å². The third-order valence-electron chi connectivity index (χ3n) is 2.96. The Kier molecular flexibility index (Phi) is 6.41. The molecule has 0 amide bonds. The number of carbonyl (C=O) groups is 1. The predicted octanol–water partition coefficient (Wildman–Crippen LogP) is 5.44. The molecule has 2 rings (SSSR count). The molecule has 2 aromatic rings. The van der Waals surface area contributed by atoms with Gasteiger partial charge in [-0.25, -0.2) is 0 Å². The van der Waals surface area contributed by atoms with E-state index in [-0.39, 0.29) is 5.56 Å². The Morgan fingerprint density at radius 3 is 2.20 bits per heavy atom. The molecule has 0 N–H and O–H groups in total. The van der Waals surface area contributed by atoms with Crippen LogP contribution in [0.2, 0.25) is 5.02 Å². The lowest BCUT2D eigenvalue weighted by Crippen LogP contribution is -2.08. The van der Waals surface area contributed by atoms with Crippen LogP contribution in [0.4, 0.5) is 17.6 Å². The summed E-state index contributed by atoms with van der Waals surface area (Å²) in [5.74, 6) is -1.60. The Balaban J connectivity index is 2.25. The van der Waals surface area contributed by atoms with E-state index < -0.39 is 30.5 Å². The van der Waals surface area contributed by atoms with Crippen molar-refractivity contribution in [3.05, 3.63) is 64.7 Å². The highest BCUT2D eigenvalue weighted by Gasteiger charge is 2.16. The third kappa shape index (κ3) is 5.79. The van der Waals surface area contributed by atoms with Crippen molar-refractivity contribution in [2.45, 2.75) is 13.2 Å². The number of alkyl halides is 4. The van der Waals surface area contributed by atoms with E-state index in [4.69, 9.17) is 11.6 Å². The van der Waals surface area contributed by atoms with Crippen LogP contribution >= 0.6 is 11.6 Å². The molecule has 0 bridgehead atoms. The van der Waals surface area contributed by atoms with Gasteiger partial charge in [0.1, 0.15) is 11.5 Å². The summed E-state index contributed by atoms with van der Waals surface area (Å²) in [5, 5.41) is 0.519. The fourth-order valence-corrected chi connectivity index (χ4v) is 2.04. The van der Waals surface area contributed by atoms with Crippen molar-refractivity contribution in [1.82, 2.24) is 0 Å². The summed E-state index contributed by atoms with van der Waals surface area (Å²) in [7, 11) is 0. The number of ketones is 1. The second kappa shape index (κ2) is 8.53. The van der Waals surface area contributed by atoms with Gasteiger partial charge in [-0.05, 0) is 35.9 Å². The molecule has 0 atom stereocenters. The number of rotatable bonds is 7. The highest BCUT2D eigenvalue weighted by Crippen LogP contribution is 2.28. The van der Waals surface area contributed by atoms with Gasteiger partial charge in [0.25, 0.3) is 0 Å². The van der Waals surface area contributed by atoms with Gasteiger partial charge in [0, 0.05) is 11.1 Å².